The summed E-state index contributed by atoms with van der Waals surface area (Å²) in [4.78, 5) is 11.4. The van der Waals surface area contributed by atoms with E-state index >= 15 is 0 Å². The Balaban J connectivity index is 2.08. The lowest BCUT2D eigenvalue weighted by molar-refractivity contribution is -0.120. The summed E-state index contributed by atoms with van der Waals surface area (Å²) < 4.78 is 1.87. The van der Waals surface area contributed by atoms with E-state index in [4.69, 9.17) is 0 Å². The van der Waals surface area contributed by atoms with Gasteiger partial charge in [0.25, 0.3) is 0 Å². The van der Waals surface area contributed by atoms with Crippen LogP contribution in [0.2, 0.25) is 0 Å². The first-order chi connectivity index (χ1) is 6.24. The zero-order valence-electron chi connectivity index (χ0n) is 8.03. The number of ketones is 1. The minimum absolute atomic E-state index is 0.278. The van der Waals surface area contributed by atoms with Gasteiger partial charge in [-0.25, -0.2) is 0 Å². The van der Waals surface area contributed by atoms with Gasteiger partial charge in [0.05, 0.1) is 0 Å². The first kappa shape index (κ1) is 8.48. The average molecular weight is 178 g/mol. The number of carbonyl (C=O) groups is 1. The lowest BCUT2D eigenvalue weighted by Gasteiger charge is -1.99. The third kappa shape index (κ3) is 1.39. The molecular formula is C10H14N2O. The lowest BCUT2D eigenvalue weighted by atomic mass is 10.1. The van der Waals surface area contributed by atoms with E-state index in [-0.39, 0.29) is 5.92 Å². The molecule has 0 aliphatic heterocycles. The van der Waals surface area contributed by atoms with Gasteiger partial charge in [-0.1, -0.05) is 6.92 Å². The van der Waals surface area contributed by atoms with Crippen LogP contribution in [0.25, 0.3) is 0 Å². The highest BCUT2D eigenvalue weighted by molar-refractivity contribution is 5.84. The Labute approximate surface area is 77.7 Å². The van der Waals surface area contributed by atoms with Gasteiger partial charge in [0.15, 0.2) is 0 Å². The summed E-state index contributed by atoms with van der Waals surface area (Å²) >= 11 is 0. The van der Waals surface area contributed by atoms with Gasteiger partial charge in [0.1, 0.15) is 5.78 Å². The minimum atomic E-state index is 0.278. The van der Waals surface area contributed by atoms with E-state index in [1.807, 2.05) is 24.7 Å². The topological polar surface area (TPSA) is 34.9 Å². The monoisotopic (exact) mass is 178 g/mol. The van der Waals surface area contributed by atoms with E-state index in [1.54, 1.807) is 6.20 Å². The fourth-order valence-corrected chi connectivity index (χ4v) is 1.89. The van der Waals surface area contributed by atoms with Crippen LogP contribution in [0, 0.1) is 5.92 Å². The highest BCUT2D eigenvalue weighted by Gasteiger charge is 2.44. The summed E-state index contributed by atoms with van der Waals surface area (Å²) in [5.41, 5.74) is 1.20. The number of Topliss-reactive ketones (excluding diaryl/α,β-unsaturated/α-hetero) is 1. The van der Waals surface area contributed by atoms with Crippen molar-refractivity contribution >= 4 is 5.78 Å². The second-order valence-corrected chi connectivity index (χ2v) is 3.65. The molecule has 0 radical (unpaired) electrons. The van der Waals surface area contributed by atoms with Crippen molar-refractivity contribution in [1.82, 2.24) is 9.78 Å². The van der Waals surface area contributed by atoms with Crippen LogP contribution in [-0.2, 0) is 11.8 Å². The molecule has 1 saturated carbocycles. The van der Waals surface area contributed by atoms with Crippen molar-refractivity contribution in [2.24, 2.45) is 13.0 Å². The number of hydrogen-bond donors (Lipinski definition) is 0. The number of carbonyl (C=O) groups excluding carboxylic acids is 1. The third-order valence-corrected chi connectivity index (χ3v) is 2.79. The molecule has 0 unspecified atom stereocenters. The predicted molar refractivity (Wildman–Crippen MR) is 49.4 cm³/mol. The summed E-state index contributed by atoms with van der Waals surface area (Å²) in [7, 11) is 1.93. The summed E-state index contributed by atoms with van der Waals surface area (Å²) in [5.74, 6) is 1.12. The smallest absolute Gasteiger partial charge is 0.136 e. The second-order valence-electron chi connectivity index (χ2n) is 3.65. The average Bonchev–Trinajstić information content (AvgIpc) is 2.82. The largest absolute Gasteiger partial charge is 0.299 e. The van der Waals surface area contributed by atoms with Gasteiger partial charge in [0.2, 0.25) is 0 Å². The SMILES string of the molecule is CCC(=O)[C@@H]1C[C@H]1c1ccnn1C. The van der Waals surface area contributed by atoms with Crippen molar-refractivity contribution in [3.8, 4) is 0 Å². The molecule has 0 spiro atoms. The van der Waals surface area contributed by atoms with Crippen molar-refractivity contribution < 1.29 is 4.79 Å². The van der Waals surface area contributed by atoms with Gasteiger partial charge < -0.3 is 0 Å². The molecule has 0 saturated heterocycles. The Kier molecular flexibility index (Phi) is 1.94. The van der Waals surface area contributed by atoms with Crippen molar-refractivity contribution in [2.75, 3.05) is 0 Å². The van der Waals surface area contributed by atoms with Crippen LogP contribution in [0.4, 0.5) is 0 Å². The van der Waals surface area contributed by atoms with Gasteiger partial charge in [-0.05, 0) is 12.5 Å². The quantitative estimate of drug-likeness (QED) is 0.703. The maximum Gasteiger partial charge on any atom is 0.136 e. The fraction of sp³-hybridized carbons (Fsp3) is 0.600. The molecule has 3 heteroatoms. The molecule has 1 aromatic heterocycles. The molecule has 1 heterocycles. The molecule has 0 N–H and O–H groups in total. The molecule has 0 amide bonds. The summed E-state index contributed by atoms with van der Waals surface area (Å²) in [6, 6.07) is 2.01. The van der Waals surface area contributed by atoms with E-state index in [0.717, 1.165) is 6.42 Å². The zero-order valence-corrected chi connectivity index (χ0v) is 8.03. The van der Waals surface area contributed by atoms with Crippen LogP contribution in [0.1, 0.15) is 31.4 Å². The van der Waals surface area contributed by atoms with Gasteiger partial charge in [0, 0.05) is 37.2 Å². The van der Waals surface area contributed by atoms with Crippen molar-refractivity contribution in [2.45, 2.75) is 25.7 Å². The Morgan fingerprint density at radius 3 is 3.08 bits per heavy atom. The van der Waals surface area contributed by atoms with Crippen molar-refractivity contribution in [1.29, 1.82) is 0 Å². The summed E-state index contributed by atoms with van der Waals surface area (Å²) in [6.45, 7) is 1.93. The summed E-state index contributed by atoms with van der Waals surface area (Å²) in [5, 5.41) is 4.10. The first-order valence-corrected chi connectivity index (χ1v) is 4.74. The maximum atomic E-state index is 11.4. The molecule has 1 aliphatic carbocycles. The highest BCUT2D eigenvalue weighted by atomic mass is 16.1. The predicted octanol–water partition coefficient (Wildman–Crippen LogP) is 1.50. The van der Waals surface area contributed by atoms with Crippen LogP contribution in [0.5, 0.6) is 0 Å². The Hall–Kier alpha value is -1.12. The second kappa shape index (κ2) is 2.98. The molecule has 2 atom stereocenters. The lowest BCUT2D eigenvalue weighted by Crippen LogP contribution is -2.02. The molecule has 0 bridgehead atoms. The number of aryl methyl sites for hydroxylation is 1. The molecular weight excluding hydrogens is 164 g/mol. The molecule has 2 rings (SSSR count). The van der Waals surface area contributed by atoms with Crippen LogP contribution in [0.15, 0.2) is 12.3 Å². The van der Waals surface area contributed by atoms with Crippen LogP contribution in [0.3, 0.4) is 0 Å². The van der Waals surface area contributed by atoms with Gasteiger partial charge in [-0.2, -0.15) is 5.10 Å². The Morgan fingerprint density at radius 2 is 2.54 bits per heavy atom. The van der Waals surface area contributed by atoms with E-state index < -0.39 is 0 Å². The molecule has 70 valence electrons. The van der Waals surface area contributed by atoms with Gasteiger partial charge >= 0.3 is 0 Å². The van der Waals surface area contributed by atoms with E-state index in [1.165, 1.54) is 5.69 Å². The molecule has 1 fully saturated rings. The Morgan fingerprint density at radius 1 is 1.77 bits per heavy atom. The summed E-state index contributed by atoms with van der Waals surface area (Å²) in [6.07, 6.45) is 3.48. The molecule has 1 aliphatic rings. The zero-order chi connectivity index (χ0) is 9.42. The number of rotatable bonds is 3. The minimum Gasteiger partial charge on any atom is -0.299 e. The van der Waals surface area contributed by atoms with Crippen molar-refractivity contribution in [3.05, 3.63) is 18.0 Å². The van der Waals surface area contributed by atoms with Crippen LogP contribution >= 0.6 is 0 Å². The van der Waals surface area contributed by atoms with Gasteiger partial charge in [-0.3, -0.25) is 9.48 Å². The third-order valence-electron chi connectivity index (χ3n) is 2.79. The van der Waals surface area contributed by atoms with E-state index in [9.17, 15) is 4.79 Å². The number of hydrogen-bond acceptors (Lipinski definition) is 2. The molecule has 1 aromatic rings. The van der Waals surface area contributed by atoms with E-state index in [2.05, 4.69) is 5.10 Å². The van der Waals surface area contributed by atoms with Gasteiger partial charge in [-0.15, -0.1) is 0 Å². The maximum absolute atomic E-state index is 11.4. The van der Waals surface area contributed by atoms with Crippen LogP contribution < -0.4 is 0 Å². The molecule has 13 heavy (non-hydrogen) atoms. The molecule has 0 aromatic carbocycles. The molecule has 3 nitrogen and oxygen atoms in total. The van der Waals surface area contributed by atoms with Crippen molar-refractivity contribution in [3.63, 3.8) is 0 Å². The first-order valence-electron chi connectivity index (χ1n) is 4.74. The normalized spacial score (nSPS) is 26.0. The number of aromatic nitrogens is 2. The fourth-order valence-electron chi connectivity index (χ4n) is 1.89. The number of nitrogens with zero attached hydrogens (tertiary/aromatic N) is 2. The standard InChI is InChI=1S/C10H14N2O/c1-3-10(13)8-6-7(8)9-4-5-11-12(9)2/h4-5,7-8H,3,6H2,1-2H3/t7-,8-/m1/s1. The Bertz CT molecular complexity index is 329. The van der Waals surface area contributed by atoms with E-state index in [0.29, 0.717) is 18.1 Å². The van der Waals surface area contributed by atoms with Crippen LogP contribution in [-0.4, -0.2) is 15.6 Å². The highest BCUT2D eigenvalue weighted by Crippen LogP contribution is 2.48.